The van der Waals surface area contributed by atoms with Crippen LogP contribution in [0, 0.1) is 12.8 Å². The second kappa shape index (κ2) is 6.06. The van der Waals surface area contributed by atoms with E-state index in [0.29, 0.717) is 11.5 Å². The molecule has 1 amide bonds. The molecule has 4 nitrogen and oxygen atoms in total. The van der Waals surface area contributed by atoms with Crippen molar-refractivity contribution in [2.45, 2.75) is 19.8 Å². The maximum Gasteiger partial charge on any atom is 0.253 e. The van der Waals surface area contributed by atoms with Gasteiger partial charge in [0.15, 0.2) is 0 Å². The number of hydrogen-bond donors (Lipinski definition) is 1. The van der Waals surface area contributed by atoms with E-state index in [9.17, 15) is 9.90 Å². The predicted octanol–water partition coefficient (Wildman–Crippen LogP) is 2.20. The quantitative estimate of drug-likeness (QED) is 0.909. The molecular formula is C15H21NO3. The van der Waals surface area contributed by atoms with Crippen LogP contribution < -0.4 is 0 Å². The van der Waals surface area contributed by atoms with Gasteiger partial charge >= 0.3 is 0 Å². The molecule has 1 aromatic carbocycles. The van der Waals surface area contributed by atoms with Gasteiger partial charge in [0.2, 0.25) is 0 Å². The van der Waals surface area contributed by atoms with Crippen LogP contribution in [0.4, 0.5) is 0 Å². The number of phenolic OH excluding ortho intramolecular Hbond substituents is 1. The number of aryl methyl sites for hydroxylation is 1. The molecule has 1 aromatic rings. The summed E-state index contributed by atoms with van der Waals surface area (Å²) in [5, 5.41) is 9.67. The highest BCUT2D eigenvalue weighted by atomic mass is 16.5. The molecule has 1 heterocycles. The van der Waals surface area contributed by atoms with Crippen LogP contribution in [-0.2, 0) is 4.74 Å². The van der Waals surface area contributed by atoms with Crippen LogP contribution in [0.1, 0.15) is 28.8 Å². The normalized spacial score (nSPS) is 16.6. The topological polar surface area (TPSA) is 49.8 Å². The first-order valence-corrected chi connectivity index (χ1v) is 6.69. The standard InChI is InChI=1S/C15H21NO3/c1-11-3-4-13(9-14(11)17)15(18)16-7-5-12(6-8-16)10-19-2/h3-4,9,12,17H,5-8,10H2,1-2H3. The summed E-state index contributed by atoms with van der Waals surface area (Å²) in [6.07, 6.45) is 1.97. The number of piperidine rings is 1. The lowest BCUT2D eigenvalue weighted by molar-refractivity contribution is 0.0613. The fourth-order valence-electron chi connectivity index (χ4n) is 2.46. The van der Waals surface area contributed by atoms with E-state index in [-0.39, 0.29) is 11.7 Å². The first-order valence-electron chi connectivity index (χ1n) is 6.69. The monoisotopic (exact) mass is 263 g/mol. The van der Waals surface area contributed by atoms with Crippen LogP contribution >= 0.6 is 0 Å². The maximum absolute atomic E-state index is 12.3. The predicted molar refractivity (Wildman–Crippen MR) is 73.3 cm³/mol. The summed E-state index contributed by atoms with van der Waals surface area (Å²) < 4.78 is 5.15. The smallest absolute Gasteiger partial charge is 0.253 e. The molecule has 0 saturated carbocycles. The molecular weight excluding hydrogens is 242 g/mol. The molecule has 19 heavy (non-hydrogen) atoms. The molecule has 0 aromatic heterocycles. The van der Waals surface area contributed by atoms with Gasteiger partial charge in [0.05, 0.1) is 0 Å². The van der Waals surface area contributed by atoms with Gasteiger partial charge in [0.25, 0.3) is 5.91 Å². The minimum Gasteiger partial charge on any atom is -0.508 e. The Hall–Kier alpha value is -1.55. The van der Waals surface area contributed by atoms with Gasteiger partial charge in [-0.05, 0) is 43.4 Å². The number of ether oxygens (including phenoxy) is 1. The molecule has 1 aliphatic heterocycles. The fourth-order valence-corrected chi connectivity index (χ4v) is 2.46. The number of aromatic hydroxyl groups is 1. The van der Waals surface area contributed by atoms with Crippen molar-refractivity contribution in [3.63, 3.8) is 0 Å². The van der Waals surface area contributed by atoms with Crippen molar-refractivity contribution < 1.29 is 14.6 Å². The van der Waals surface area contributed by atoms with Gasteiger partial charge in [-0.25, -0.2) is 0 Å². The van der Waals surface area contributed by atoms with Gasteiger partial charge in [-0.3, -0.25) is 4.79 Å². The highest BCUT2D eigenvalue weighted by Crippen LogP contribution is 2.22. The third kappa shape index (κ3) is 3.26. The molecule has 1 fully saturated rings. The van der Waals surface area contributed by atoms with Crippen LogP contribution in [0.2, 0.25) is 0 Å². The number of amides is 1. The van der Waals surface area contributed by atoms with Crippen LogP contribution in [-0.4, -0.2) is 42.7 Å². The van der Waals surface area contributed by atoms with E-state index in [1.165, 1.54) is 0 Å². The summed E-state index contributed by atoms with van der Waals surface area (Å²) in [5.74, 6) is 0.742. The highest BCUT2D eigenvalue weighted by Gasteiger charge is 2.23. The third-order valence-electron chi connectivity index (χ3n) is 3.76. The van der Waals surface area contributed by atoms with Crippen LogP contribution in [0.3, 0.4) is 0 Å². The van der Waals surface area contributed by atoms with Crippen molar-refractivity contribution in [3.8, 4) is 5.75 Å². The maximum atomic E-state index is 12.3. The Balaban J connectivity index is 1.99. The van der Waals surface area contributed by atoms with Gasteiger partial charge in [-0.2, -0.15) is 0 Å². The number of carbonyl (C=O) groups is 1. The Morgan fingerprint density at radius 1 is 1.42 bits per heavy atom. The highest BCUT2D eigenvalue weighted by molar-refractivity contribution is 5.94. The first-order chi connectivity index (χ1) is 9.11. The lowest BCUT2D eigenvalue weighted by Crippen LogP contribution is -2.39. The zero-order valence-corrected chi connectivity index (χ0v) is 11.6. The minimum absolute atomic E-state index is 0.00571. The van der Waals surface area contributed by atoms with Gasteiger partial charge < -0.3 is 14.7 Å². The molecule has 1 aliphatic rings. The van der Waals surface area contributed by atoms with Crippen molar-refractivity contribution in [1.82, 2.24) is 4.90 Å². The average Bonchev–Trinajstić information content (AvgIpc) is 2.42. The van der Waals surface area contributed by atoms with Crippen LogP contribution in [0.5, 0.6) is 5.75 Å². The van der Waals surface area contributed by atoms with E-state index in [1.807, 2.05) is 11.8 Å². The number of phenols is 1. The average molecular weight is 263 g/mol. The Morgan fingerprint density at radius 3 is 2.68 bits per heavy atom. The molecule has 1 N–H and O–H groups in total. The van der Waals surface area contributed by atoms with Gasteiger partial charge in [-0.1, -0.05) is 6.07 Å². The first kappa shape index (κ1) is 13.9. The molecule has 1 saturated heterocycles. The molecule has 0 atom stereocenters. The molecule has 4 heteroatoms. The van der Waals surface area contributed by atoms with Crippen molar-refractivity contribution in [2.75, 3.05) is 26.8 Å². The lowest BCUT2D eigenvalue weighted by Gasteiger charge is -2.31. The fraction of sp³-hybridized carbons (Fsp3) is 0.533. The van der Waals surface area contributed by atoms with E-state index < -0.39 is 0 Å². The Morgan fingerprint density at radius 2 is 2.11 bits per heavy atom. The third-order valence-corrected chi connectivity index (χ3v) is 3.76. The summed E-state index contributed by atoms with van der Waals surface area (Å²) in [6.45, 7) is 4.12. The van der Waals surface area contributed by atoms with E-state index in [2.05, 4.69) is 0 Å². The number of nitrogens with zero attached hydrogens (tertiary/aromatic N) is 1. The minimum atomic E-state index is 0.00571. The zero-order chi connectivity index (χ0) is 13.8. The van der Waals surface area contributed by atoms with Crippen LogP contribution in [0.15, 0.2) is 18.2 Å². The molecule has 104 valence electrons. The van der Waals surface area contributed by atoms with E-state index in [4.69, 9.17) is 4.74 Å². The lowest BCUT2D eigenvalue weighted by atomic mass is 9.97. The Labute approximate surface area is 114 Å². The van der Waals surface area contributed by atoms with E-state index in [0.717, 1.165) is 38.1 Å². The van der Waals surface area contributed by atoms with Crippen molar-refractivity contribution >= 4 is 5.91 Å². The summed E-state index contributed by atoms with van der Waals surface area (Å²) in [6, 6.07) is 5.11. The number of rotatable bonds is 3. The van der Waals surface area contributed by atoms with E-state index in [1.54, 1.807) is 25.3 Å². The van der Waals surface area contributed by atoms with Crippen molar-refractivity contribution in [1.29, 1.82) is 0 Å². The zero-order valence-electron chi connectivity index (χ0n) is 11.6. The second-order valence-corrected chi connectivity index (χ2v) is 5.19. The number of benzene rings is 1. The number of carbonyl (C=O) groups excluding carboxylic acids is 1. The summed E-state index contributed by atoms with van der Waals surface area (Å²) in [4.78, 5) is 14.2. The second-order valence-electron chi connectivity index (χ2n) is 5.19. The van der Waals surface area contributed by atoms with Crippen LogP contribution in [0.25, 0.3) is 0 Å². The summed E-state index contributed by atoms with van der Waals surface area (Å²) in [5.41, 5.74) is 1.35. The number of likely N-dealkylation sites (tertiary alicyclic amines) is 1. The molecule has 0 radical (unpaired) electrons. The largest absolute Gasteiger partial charge is 0.508 e. The number of methoxy groups -OCH3 is 1. The molecule has 0 aliphatic carbocycles. The van der Waals surface area contributed by atoms with Gasteiger partial charge in [0, 0.05) is 32.4 Å². The Bertz CT molecular complexity index is 451. The Kier molecular flexibility index (Phi) is 4.43. The van der Waals surface area contributed by atoms with E-state index >= 15 is 0 Å². The molecule has 2 rings (SSSR count). The van der Waals surface area contributed by atoms with Gasteiger partial charge in [0.1, 0.15) is 5.75 Å². The molecule has 0 bridgehead atoms. The van der Waals surface area contributed by atoms with Gasteiger partial charge in [-0.15, -0.1) is 0 Å². The SMILES string of the molecule is COCC1CCN(C(=O)c2ccc(C)c(O)c2)CC1. The molecule has 0 unspecified atom stereocenters. The van der Waals surface area contributed by atoms with Crippen molar-refractivity contribution in [2.24, 2.45) is 5.92 Å². The summed E-state index contributed by atoms with van der Waals surface area (Å²) in [7, 11) is 1.71. The number of hydrogen-bond acceptors (Lipinski definition) is 3. The molecule has 0 spiro atoms. The summed E-state index contributed by atoms with van der Waals surface area (Å²) >= 11 is 0. The van der Waals surface area contributed by atoms with Crippen molar-refractivity contribution in [3.05, 3.63) is 29.3 Å².